The number of carbonyl (C=O) groups is 1. The highest BCUT2D eigenvalue weighted by Crippen LogP contribution is 2.32. The van der Waals surface area contributed by atoms with Crippen molar-refractivity contribution in [2.24, 2.45) is 0 Å². The van der Waals surface area contributed by atoms with E-state index in [9.17, 15) is 9.18 Å². The maximum atomic E-state index is 13.4. The molecule has 1 amide bonds. The molecule has 0 spiro atoms. The molecule has 0 aliphatic carbocycles. The van der Waals surface area contributed by atoms with Crippen LogP contribution in [0.2, 0.25) is 10.0 Å². The monoisotopic (exact) mass is 367 g/mol. The summed E-state index contributed by atoms with van der Waals surface area (Å²) in [6.45, 7) is 1.82. The van der Waals surface area contributed by atoms with E-state index < -0.39 is 0 Å². The smallest absolute Gasteiger partial charge is 0.265 e. The highest BCUT2D eigenvalue weighted by Gasteiger charge is 2.28. The topological polar surface area (TPSA) is 29.5 Å². The summed E-state index contributed by atoms with van der Waals surface area (Å²) in [5.41, 5.74) is 1.58. The number of hydrogen-bond acceptors (Lipinski definition) is 2. The molecule has 0 fully saturated rings. The van der Waals surface area contributed by atoms with Crippen LogP contribution < -0.4 is 9.64 Å². The van der Waals surface area contributed by atoms with E-state index in [2.05, 4.69) is 0 Å². The zero-order valence-electron chi connectivity index (χ0n) is 13.1. The largest absolute Gasteiger partial charge is 0.482 e. The molecule has 3 rings (SSSR count). The number of hydrogen-bond donors (Lipinski definition) is 0. The van der Waals surface area contributed by atoms with Gasteiger partial charge in [0.1, 0.15) is 11.6 Å². The van der Waals surface area contributed by atoms with Crippen molar-refractivity contribution in [1.82, 2.24) is 0 Å². The molecule has 0 saturated carbocycles. The van der Waals surface area contributed by atoms with E-state index in [1.807, 2.05) is 6.92 Å². The van der Waals surface area contributed by atoms with Gasteiger partial charge in [0.05, 0.1) is 5.02 Å². The predicted molar refractivity (Wildman–Crippen MR) is 93.6 cm³/mol. The normalized spacial score (nSPS) is 16.7. The first-order chi connectivity index (χ1) is 11.5. The third-order valence-corrected chi connectivity index (χ3v) is 4.62. The Morgan fingerprint density at radius 3 is 2.83 bits per heavy atom. The second-order valence-electron chi connectivity index (χ2n) is 5.79. The Morgan fingerprint density at radius 2 is 2.08 bits per heavy atom. The molecule has 0 aromatic heterocycles. The Hall–Kier alpha value is -1.78. The van der Waals surface area contributed by atoms with Crippen LogP contribution in [0.15, 0.2) is 36.4 Å². The molecule has 0 saturated heterocycles. The van der Waals surface area contributed by atoms with E-state index in [1.54, 1.807) is 29.2 Å². The third-order valence-electron chi connectivity index (χ3n) is 4.09. The van der Waals surface area contributed by atoms with E-state index in [4.69, 9.17) is 27.9 Å². The molecular formula is C18H16Cl2FNO2. The molecular weight excluding hydrogens is 352 g/mol. The van der Waals surface area contributed by atoms with Crippen molar-refractivity contribution in [2.75, 3.05) is 11.5 Å². The number of amides is 1. The Labute approximate surface area is 149 Å². The Morgan fingerprint density at radius 1 is 1.29 bits per heavy atom. The number of carbonyl (C=O) groups excluding carboxylic acids is 1. The van der Waals surface area contributed by atoms with Crippen LogP contribution in [-0.2, 0) is 11.2 Å². The van der Waals surface area contributed by atoms with Crippen molar-refractivity contribution in [2.45, 2.75) is 25.8 Å². The fourth-order valence-corrected chi connectivity index (χ4v) is 3.36. The minimum Gasteiger partial charge on any atom is -0.482 e. The van der Waals surface area contributed by atoms with Crippen LogP contribution >= 0.6 is 23.2 Å². The van der Waals surface area contributed by atoms with Crippen LogP contribution in [0.1, 0.15) is 18.9 Å². The van der Waals surface area contributed by atoms with Crippen LogP contribution in [0.5, 0.6) is 5.75 Å². The molecule has 126 valence electrons. The summed E-state index contributed by atoms with van der Waals surface area (Å²) < 4.78 is 19.0. The zero-order chi connectivity index (χ0) is 17.3. The summed E-state index contributed by atoms with van der Waals surface area (Å²) in [5, 5.41) is 0.851. The lowest BCUT2D eigenvalue weighted by Gasteiger charge is -2.35. The average molecular weight is 368 g/mol. The first-order valence-electron chi connectivity index (χ1n) is 7.64. The van der Waals surface area contributed by atoms with Crippen molar-refractivity contribution >= 4 is 34.8 Å². The lowest BCUT2D eigenvalue weighted by molar-refractivity contribution is -0.121. The molecule has 3 nitrogen and oxygen atoms in total. The third kappa shape index (κ3) is 3.50. The van der Waals surface area contributed by atoms with E-state index in [-0.39, 0.29) is 24.4 Å². The maximum absolute atomic E-state index is 13.4. The van der Waals surface area contributed by atoms with Gasteiger partial charge in [-0.3, -0.25) is 4.79 Å². The van der Waals surface area contributed by atoms with Crippen molar-refractivity contribution in [3.63, 3.8) is 0 Å². The number of fused-ring (bicyclic) bond motifs is 1. The van der Waals surface area contributed by atoms with Gasteiger partial charge in [-0.2, -0.15) is 0 Å². The van der Waals surface area contributed by atoms with E-state index in [1.165, 1.54) is 12.1 Å². The number of benzene rings is 2. The van der Waals surface area contributed by atoms with E-state index in [0.29, 0.717) is 15.8 Å². The maximum Gasteiger partial charge on any atom is 0.265 e. The standard InChI is InChI=1S/C18H16Cl2FNO2/c1-11-2-3-12-8-14(21)5-6-16(12)22(11)18(23)10-24-17-7-4-13(19)9-15(17)20/h4-9,11H,2-3,10H2,1H3. The molecule has 1 aliphatic heterocycles. The van der Waals surface area contributed by atoms with Crippen LogP contribution in [0.4, 0.5) is 10.1 Å². The van der Waals surface area contributed by atoms with Crippen LogP contribution in [-0.4, -0.2) is 18.6 Å². The van der Waals surface area contributed by atoms with Crippen LogP contribution in [0.25, 0.3) is 0 Å². The van der Waals surface area contributed by atoms with Gasteiger partial charge < -0.3 is 9.64 Å². The molecule has 1 atom stereocenters. The number of halogens is 3. The minimum atomic E-state index is -0.292. The first-order valence-corrected chi connectivity index (χ1v) is 8.39. The van der Waals surface area contributed by atoms with Crippen LogP contribution in [0, 0.1) is 5.82 Å². The van der Waals surface area contributed by atoms with E-state index >= 15 is 0 Å². The lowest BCUT2D eigenvalue weighted by atomic mass is 9.96. The van der Waals surface area contributed by atoms with Crippen molar-refractivity contribution in [1.29, 1.82) is 0 Å². The van der Waals surface area contributed by atoms with Gasteiger partial charge >= 0.3 is 0 Å². The number of aryl methyl sites for hydroxylation is 1. The summed E-state index contributed by atoms with van der Waals surface area (Å²) in [6.07, 6.45) is 1.53. The fourth-order valence-electron chi connectivity index (χ4n) is 2.90. The molecule has 1 heterocycles. The molecule has 2 aromatic rings. The van der Waals surface area contributed by atoms with Gasteiger partial charge in [-0.1, -0.05) is 23.2 Å². The van der Waals surface area contributed by atoms with E-state index in [0.717, 1.165) is 24.1 Å². The first kappa shape index (κ1) is 17.1. The molecule has 0 N–H and O–H groups in total. The number of rotatable bonds is 3. The molecule has 24 heavy (non-hydrogen) atoms. The highest BCUT2D eigenvalue weighted by molar-refractivity contribution is 6.35. The summed E-state index contributed by atoms with van der Waals surface area (Å²) in [7, 11) is 0. The highest BCUT2D eigenvalue weighted by atomic mass is 35.5. The van der Waals surface area contributed by atoms with Crippen molar-refractivity contribution in [3.05, 3.63) is 57.8 Å². The molecule has 2 aromatic carbocycles. The average Bonchev–Trinajstić information content (AvgIpc) is 2.54. The Bertz CT molecular complexity index is 782. The number of ether oxygens (including phenoxy) is 1. The number of nitrogens with zero attached hydrogens (tertiary/aromatic N) is 1. The molecule has 6 heteroatoms. The molecule has 1 aliphatic rings. The fraction of sp³-hybridized carbons (Fsp3) is 0.278. The zero-order valence-corrected chi connectivity index (χ0v) is 14.6. The second kappa shape index (κ2) is 6.99. The van der Waals surface area contributed by atoms with Gasteiger partial charge in [0, 0.05) is 16.8 Å². The lowest BCUT2D eigenvalue weighted by Crippen LogP contribution is -2.44. The predicted octanol–water partition coefficient (Wildman–Crippen LogP) is 4.88. The molecule has 0 bridgehead atoms. The minimum absolute atomic E-state index is 0.0275. The summed E-state index contributed by atoms with van der Waals surface area (Å²) in [4.78, 5) is 14.3. The van der Waals surface area contributed by atoms with Gasteiger partial charge in [-0.05, 0) is 61.7 Å². The number of anilines is 1. The SMILES string of the molecule is CC1CCc2cc(F)ccc2N1C(=O)COc1ccc(Cl)cc1Cl. The van der Waals surface area contributed by atoms with Crippen molar-refractivity contribution in [3.8, 4) is 5.75 Å². The van der Waals surface area contributed by atoms with Gasteiger partial charge in [0.15, 0.2) is 6.61 Å². The second-order valence-corrected chi connectivity index (χ2v) is 6.63. The van der Waals surface area contributed by atoms with Crippen molar-refractivity contribution < 1.29 is 13.9 Å². The Balaban J connectivity index is 1.77. The quantitative estimate of drug-likeness (QED) is 0.773. The van der Waals surface area contributed by atoms with Gasteiger partial charge in [0.2, 0.25) is 0 Å². The molecule has 1 unspecified atom stereocenters. The summed E-state index contributed by atoms with van der Waals surface area (Å²) >= 11 is 11.9. The van der Waals surface area contributed by atoms with Gasteiger partial charge in [-0.15, -0.1) is 0 Å². The van der Waals surface area contributed by atoms with Gasteiger partial charge in [0.25, 0.3) is 5.91 Å². The molecule has 0 radical (unpaired) electrons. The summed E-state index contributed by atoms with van der Waals surface area (Å²) in [5.74, 6) is -0.0839. The summed E-state index contributed by atoms with van der Waals surface area (Å²) in [6, 6.07) is 9.36. The van der Waals surface area contributed by atoms with Crippen LogP contribution in [0.3, 0.4) is 0 Å². The van der Waals surface area contributed by atoms with Gasteiger partial charge in [-0.25, -0.2) is 4.39 Å². The Kier molecular flexibility index (Phi) is 4.97.